The second kappa shape index (κ2) is 12.1. The zero-order valence-electron chi connectivity index (χ0n) is 19.2. The van der Waals surface area contributed by atoms with Gasteiger partial charge in [-0.15, -0.1) is 0 Å². The van der Waals surface area contributed by atoms with E-state index in [2.05, 4.69) is 27.2 Å². The highest BCUT2D eigenvalue weighted by molar-refractivity contribution is 5.94. The Morgan fingerprint density at radius 3 is 2.55 bits per heavy atom. The summed E-state index contributed by atoms with van der Waals surface area (Å²) in [6.07, 6.45) is 1.06. The maximum atomic E-state index is 12.9. The smallest absolute Gasteiger partial charge is 0.251 e. The lowest BCUT2D eigenvalue weighted by atomic mass is 10.1. The molecule has 2 atom stereocenters. The zero-order valence-corrected chi connectivity index (χ0v) is 19.2. The number of morpholine rings is 1. The maximum absolute atomic E-state index is 12.9. The van der Waals surface area contributed by atoms with E-state index in [1.54, 1.807) is 12.1 Å². The lowest BCUT2D eigenvalue weighted by Gasteiger charge is -2.27. The molecular formula is C26H35N3O4. The predicted octanol–water partition coefficient (Wildman–Crippen LogP) is 2.15. The molecule has 2 fully saturated rings. The average molecular weight is 454 g/mol. The number of carbonyl (C=O) groups excluding carboxylic acids is 1. The number of hydrogen-bond acceptors (Lipinski definition) is 6. The molecule has 2 saturated heterocycles. The third kappa shape index (κ3) is 7.27. The standard InChI is InChI=1S/C26H35N3O4/c30-25-7-4-12-29(19-21-5-2-1-3-6-21)20-24(25)27-26(31)22-8-10-23(11-9-22)33-18-15-28-13-16-32-17-14-28/h1-3,5-6,8-11,24-25,30H,4,7,12-20H2,(H,27,31)/t24-,25-/m1/s1. The summed E-state index contributed by atoms with van der Waals surface area (Å²) in [4.78, 5) is 17.5. The van der Waals surface area contributed by atoms with Crippen LogP contribution in [-0.2, 0) is 11.3 Å². The number of nitrogens with one attached hydrogen (secondary N) is 1. The largest absolute Gasteiger partial charge is 0.492 e. The van der Waals surface area contributed by atoms with Gasteiger partial charge in [0.25, 0.3) is 5.91 Å². The number of hydrogen-bond donors (Lipinski definition) is 2. The summed E-state index contributed by atoms with van der Waals surface area (Å²) < 4.78 is 11.2. The predicted molar refractivity (Wildman–Crippen MR) is 127 cm³/mol. The highest BCUT2D eigenvalue weighted by atomic mass is 16.5. The zero-order chi connectivity index (χ0) is 22.9. The summed E-state index contributed by atoms with van der Waals surface area (Å²) in [5, 5.41) is 13.7. The topological polar surface area (TPSA) is 74.3 Å². The van der Waals surface area contributed by atoms with E-state index in [0.29, 0.717) is 25.1 Å². The molecule has 33 heavy (non-hydrogen) atoms. The molecule has 2 aromatic carbocycles. The van der Waals surface area contributed by atoms with Gasteiger partial charge in [0.1, 0.15) is 12.4 Å². The van der Waals surface area contributed by atoms with Crippen molar-refractivity contribution in [2.24, 2.45) is 0 Å². The van der Waals surface area contributed by atoms with Crippen molar-refractivity contribution in [1.82, 2.24) is 15.1 Å². The normalized spacial score (nSPS) is 22.5. The van der Waals surface area contributed by atoms with Crippen LogP contribution in [0.4, 0.5) is 0 Å². The third-order valence-electron chi connectivity index (χ3n) is 6.36. The molecule has 2 aromatic rings. The number of nitrogens with zero attached hydrogens (tertiary/aromatic N) is 2. The van der Waals surface area contributed by atoms with Crippen LogP contribution >= 0.6 is 0 Å². The minimum Gasteiger partial charge on any atom is -0.492 e. The van der Waals surface area contributed by atoms with Crippen molar-refractivity contribution in [2.45, 2.75) is 31.5 Å². The molecule has 7 nitrogen and oxygen atoms in total. The van der Waals surface area contributed by atoms with Crippen molar-refractivity contribution < 1.29 is 19.4 Å². The van der Waals surface area contributed by atoms with E-state index in [4.69, 9.17) is 9.47 Å². The van der Waals surface area contributed by atoms with Crippen LogP contribution in [0.2, 0.25) is 0 Å². The number of aliphatic hydroxyl groups excluding tert-OH is 1. The Hall–Kier alpha value is -2.45. The summed E-state index contributed by atoms with van der Waals surface area (Å²) in [5.41, 5.74) is 1.81. The van der Waals surface area contributed by atoms with Crippen LogP contribution in [-0.4, -0.2) is 85.5 Å². The fraction of sp³-hybridized carbons (Fsp3) is 0.500. The third-order valence-corrected chi connectivity index (χ3v) is 6.36. The minimum atomic E-state index is -0.544. The first kappa shape index (κ1) is 23.7. The highest BCUT2D eigenvalue weighted by Gasteiger charge is 2.27. The molecule has 2 heterocycles. The lowest BCUT2D eigenvalue weighted by Crippen LogP contribution is -2.48. The SMILES string of the molecule is O=C(N[C@@H]1CN(Cc2ccccc2)CCC[C@H]1O)c1ccc(OCCN2CCOCC2)cc1. The number of amides is 1. The van der Waals surface area contributed by atoms with Crippen molar-refractivity contribution in [3.8, 4) is 5.75 Å². The molecular weight excluding hydrogens is 418 g/mol. The first-order valence-corrected chi connectivity index (χ1v) is 12.0. The fourth-order valence-electron chi connectivity index (χ4n) is 4.42. The Balaban J connectivity index is 1.27. The van der Waals surface area contributed by atoms with Gasteiger partial charge in [-0.3, -0.25) is 14.6 Å². The molecule has 0 bridgehead atoms. The van der Waals surface area contributed by atoms with Crippen molar-refractivity contribution in [2.75, 3.05) is 52.5 Å². The van der Waals surface area contributed by atoms with Crippen LogP contribution in [0.25, 0.3) is 0 Å². The molecule has 0 aliphatic carbocycles. The highest BCUT2D eigenvalue weighted by Crippen LogP contribution is 2.17. The number of likely N-dealkylation sites (tertiary alicyclic amines) is 1. The van der Waals surface area contributed by atoms with Crippen molar-refractivity contribution in [3.05, 3.63) is 65.7 Å². The molecule has 2 aliphatic rings. The van der Waals surface area contributed by atoms with E-state index in [1.165, 1.54) is 5.56 Å². The summed E-state index contributed by atoms with van der Waals surface area (Å²) in [6, 6.07) is 17.2. The fourth-order valence-corrected chi connectivity index (χ4v) is 4.42. The maximum Gasteiger partial charge on any atom is 0.251 e. The Kier molecular flexibility index (Phi) is 8.72. The monoisotopic (exact) mass is 453 g/mol. The van der Waals surface area contributed by atoms with Gasteiger partial charge in [0.2, 0.25) is 0 Å². The molecule has 2 aliphatic heterocycles. The van der Waals surface area contributed by atoms with Gasteiger partial charge in [-0.05, 0) is 49.2 Å². The lowest BCUT2D eigenvalue weighted by molar-refractivity contribution is 0.0322. The van der Waals surface area contributed by atoms with E-state index in [1.807, 2.05) is 30.3 Å². The van der Waals surface area contributed by atoms with Crippen LogP contribution in [0.1, 0.15) is 28.8 Å². The van der Waals surface area contributed by atoms with E-state index in [-0.39, 0.29) is 11.9 Å². The van der Waals surface area contributed by atoms with Gasteiger partial charge in [0.15, 0.2) is 0 Å². The Bertz CT molecular complexity index is 856. The first-order valence-electron chi connectivity index (χ1n) is 12.0. The van der Waals surface area contributed by atoms with Crippen LogP contribution in [0.5, 0.6) is 5.75 Å². The summed E-state index contributed by atoms with van der Waals surface area (Å²) in [5.74, 6) is 0.587. The van der Waals surface area contributed by atoms with Gasteiger partial charge in [-0.25, -0.2) is 0 Å². The van der Waals surface area contributed by atoms with Gasteiger partial charge >= 0.3 is 0 Å². The molecule has 0 unspecified atom stereocenters. The molecule has 0 spiro atoms. The summed E-state index contributed by atoms with van der Waals surface area (Å²) in [6.45, 7) is 7.28. The molecule has 178 valence electrons. The summed E-state index contributed by atoms with van der Waals surface area (Å²) >= 11 is 0. The van der Waals surface area contributed by atoms with E-state index < -0.39 is 6.10 Å². The van der Waals surface area contributed by atoms with Crippen LogP contribution in [0, 0.1) is 0 Å². The Morgan fingerprint density at radius 2 is 1.79 bits per heavy atom. The van der Waals surface area contributed by atoms with Crippen LogP contribution < -0.4 is 10.1 Å². The number of ether oxygens (including phenoxy) is 2. The first-order chi connectivity index (χ1) is 16.2. The second-order valence-corrected chi connectivity index (χ2v) is 8.84. The Morgan fingerprint density at radius 1 is 1.03 bits per heavy atom. The Labute approximate surface area is 196 Å². The molecule has 7 heteroatoms. The quantitative estimate of drug-likeness (QED) is 0.638. The van der Waals surface area contributed by atoms with Crippen molar-refractivity contribution >= 4 is 5.91 Å². The van der Waals surface area contributed by atoms with Crippen molar-refractivity contribution in [1.29, 1.82) is 0 Å². The number of carbonyl (C=O) groups is 1. The number of benzene rings is 2. The molecule has 4 rings (SSSR count). The summed E-state index contributed by atoms with van der Waals surface area (Å²) in [7, 11) is 0. The van der Waals surface area contributed by atoms with E-state index >= 15 is 0 Å². The van der Waals surface area contributed by atoms with Gasteiger partial charge < -0.3 is 19.9 Å². The molecule has 0 saturated carbocycles. The molecule has 2 N–H and O–H groups in total. The van der Waals surface area contributed by atoms with Crippen molar-refractivity contribution in [3.63, 3.8) is 0 Å². The van der Waals surface area contributed by atoms with E-state index in [9.17, 15) is 9.90 Å². The minimum absolute atomic E-state index is 0.166. The molecule has 1 amide bonds. The average Bonchev–Trinajstić information content (AvgIpc) is 3.01. The van der Waals surface area contributed by atoms with Gasteiger partial charge in [-0.1, -0.05) is 30.3 Å². The van der Waals surface area contributed by atoms with Gasteiger partial charge in [-0.2, -0.15) is 0 Å². The number of rotatable bonds is 8. The second-order valence-electron chi connectivity index (χ2n) is 8.84. The van der Waals surface area contributed by atoms with Crippen LogP contribution in [0.15, 0.2) is 54.6 Å². The molecule has 0 radical (unpaired) electrons. The van der Waals surface area contributed by atoms with Gasteiger partial charge in [0, 0.05) is 38.3 Å². The molecule has 0 aromatic heterocycles. The number of aliphatic hydroxyl groups is 1. The van der Waals surface area contributed by atoms with Gasteiger partial charge in [0.05, 0.1) is 25.4 Å². The van der Waals surface area contributed by atoms with E-state index in [0.717, 1.165) is 58.1 Å². The van der Waals surface area contributed by atoms with Crippen LogP contribution in [0.3, 0.4) is 0 Å².